The lowest BCUT2D eigenvalue weighted by atomic mass is 9.42. The van der Waals surface area contributed by atoms with Gasteiger partial charge in [-0.3, -0.25) is 0 Å². The lowest BCUT2D eigenvalue weighted by Gasteiger charge is -2.64. The first-order valence-electron chi connectivity index (χ1n) is 12.1. The average Bonchev–Trinajstić information content (AvgIpc) is 3.30. The first kappa shape index (κ1) is 20.5. The van der Waals surface area contributed by atoms with Gasteiger partial charge in [-0.05, 0) is 87.4 Å². The van der Waals surface area contributed by atoms with Crippen molar-refractivity contribution >= 4 is 0 Å². The smallest absolute Gasteiger partial charge is 0.163 e. The molecule has 0 aromatic heterocycles. The van der Waals surface area contributed by atoms with Gasteiger partial charge in [-0.25, -0.2) is 0 Å². The quantitative estimate of drug-likeness (QED) is 0.674. The molecule has 9 atom stereocenters. The van der Waals surface area contributed by atoms with Crippen molar-refractivity contribution < 1.29 is 19.7 Å². The minimum Gasteiger partial charge on any atom is -0.393 e. The van der Waals surface area contributed by atoms with Crippen molar-refractivity contribution in [1.29, 1.82) is 0 Å². The molecule has 0 bridgehead atoms. The molecule has 29 heavy (non-hydrogen) atoms. The molecule has 4 heteroatoms. The molecule has 5 rings (SSSR count). The van der Waals surface area contributed by atoms with Gasteiger partial charge in [-0.15, -0.1) is 0 Å². The van der Waals surface area contributed by atoms with E-state index in [0.717, 1.165) is 44.9 Å². The van der Waals surface area contributed by atoms with Gasteiger partial charge < -0.3 is 19.7 Å². The fourth-order valence-corrected chi connectivity index (χ4v) is 8.80. The highest BCUT2D eigenvalue weighted by atomic mass is 16.7. The van der Waals surface area contributed by atoms with E-state index >= 15 is 0 Å². The Balaban J connectivity index is 1.44. The summed E-state index contributed by atoms with van der Waals surface area (Å²) in [5.41, 5.74) is -0.368. The number of aliphatic hydroxyl groups is 2. The first-order valence-corrected chi connectivity index (χ1v) is 12.1. The molecule has 0 aromatic rings. The zero-order valence-electron chi connectivity index (χ0n) is 18.5. The summed E-state index contributed by atoms with van der Waals surface area (Å²) in [5, 5.41) is 23.1. The van der Waals surface area contributed by atoms with Crippen LogP contribution in [0, 0.1) is 40.4 Å². The van der Waals surface area contributed by atoms with Crippen LogP contribution in [0.1, 0.15) is 72.1 Å². The van der Waals surface area contributed by atoms with Crippen LogP contribution in [0.25, 0.3) is 0 Å². The van der Waals surface area contributed by atoms with Crippen LogP contribution in [0.5, 0.6) is 0 Å². The van der Waals surface area contributed by atoms with E-state index in [1.807, 2.05) is 0 Å². The van der Waals surface area contributed by atoms with Crippen LogP contribution < -0.4 is 0 Å². The molecule has 1 aliphatic heterocycles. The highest BCUT2D eigenvalue weighted by Crippen LogP contribution is 2.69. The predicted molar refractivity (Wildman–Crippen MR) is 112 cm³/mol. The molecular weight excluding hydrogens is 364 g/mol. The first-order chi connectivity index (χ1) is 13.8. The van der Waals surface area contributed by atoms with Crippen molar-refractivity contribution in [3.63, 3.8) is 0 Å². The molecule has 2 N–H and O–H groups in total. The molecule has 1 unspecified atom stereocenters. The van der Waals surface area contributed by atoms with Gasteiger partial charge in [0.25, 0.3) is 0 Å². The largest absolute Gasteiger partial charge is 0.393 e. The monoisotopic (exact) mass is 404 g/mol. The number of ether oxygens (including phenoxy) is 2. The molecule has 4 saturated carbocycles. The fourth-order valence-electron chi connectivity index (χ4n) is 8.80. The number of hydrogen-bond acceptors (Lipinski definition) is 4. The van der Waals surface area contributed by atoms with Crippen molar-refractivity contribution in [2.45, 2.75) is 90.1 Å². The average molecular weight is 405 g/mol. The number of rotatable bonds is 2. The van der Waals surface area contributed by atoms with Crippen LogP contribution in [0.15, 0.2) is 12.2 Å². The highest BCUT2D eigenvalue weighted by molar-refractivity contribution is 5.19. The van der Waals surface area contributed by atoms with Gasteiger partial charge in [-0.1, -0.05) is 26.0 Å². The number of hydrogen-bond donors (Lipinski definition) is 2. The third kappa shape index (κ3) is 2.78. The van der Waals surface area contributed by atoms with Gasteiger partial charge in [0.05, 0.1) is 24.9 Å². The summed E-state index contributed by atoms with van der Waals surface area (Å²) in [6.07, 6.45) is 12.4. The van der Waals surface area contributed by atoms with Gasteiger partial charge in [0.2, 0.25) is 0 Å². The van der Waals surface area contributed by atoms with Gasteiger partial charge in [0, 0.05) is 11.3 Å². The summed E-state index contributed by atoms with van der Waals surface area (Å²) < 4.78 is 11.7. The fraction of sp³-hybridized carbons (Fsp3) is 0.920. The summed E-state index contributed by atoms with van der Waals surface area (Å²) in [6, 6.07) is 0. The van der Waals surface area contributed by atoms with E-state index in [1.54, 1.807) is 0 Å². The van der Waals surface area contributed by atoms with E-state index in [-0.39, 0.29) is 29.1 Å². The highest BCUT2D eigenvalue weighted by Gasteiger charge is 2.67. The molecule has 5 fully saturated rings. The van der Waals surface area contributed by atoms with Crippen molar-refractivity contribution in [3.8, 4) is 0 Å². The molecule has 0 spiro atoms. The Bertz CT molecular complexity index is 657. The summed E-state index contributed by atoms with van der Waals surface area (Å²) in [6.45, 7) is 8.23. The minimum atomic E-state index is -0.542. The molecule has 0 radical (unpaired) electrons. The van der Waals surface area contributed by atoms with Gasteiger partial charge in [-0.2, -0.15) is 0 Å². The van der Waals surface area contributed by atoms with E-state index < -0.39 is 5.60 Å². The summed E-state index contributed by atoms with van der Waals surface area (Å²) >= 11 is 0. The molecule has 4 nitrogen and oxygen atoms in total. The van der Waals surface area contributed by atoms with Gasteiger partial charge in [0.1, 0.15) is 0 Å². The van der Waals surface area contributed by atoms with Crippen LogP contribution in [0.3, 0.4) is 0 Å². The molecule has 164 valence electrons. The van der Waals surface area contributed by atoms with Crippen LogP contribution in [-0.2, 0) is 9.47 Å². The Kier molecular flexibility index (Phi) is 4.98. The molecular formula is C25H40O4. The number of fused-ring (bicyclic) bond motifs is 5. The maximum absolute atomic E-state index is 12.2. The standard InChI is InChI=1S/C25H40O4/c1-4-5-16-8-11-25(27)20-7-6-17-14-21(26)18(22-28-12-13-29-22)15-23(17,2)19(20)9-10-24(16,25)3/h4-5,16-22,26-27H,6-15H2,1-3H3/b5-4+/t16-,17+,18?,19-,20+,21+,23-,24+,25-/m0/s1. The van der Waals surface area contributed by atoms with Crippen LogP contribution >= 0.6 is 0 Å². The summed E-state index contributed by atoms with van der Waals surface area (Å²) in [5.74, 6) is 2.06. The van der Waals surface area contributed by atoms with Crippen molar-refractivity contribution in [2.75, 3.05) is 13.2 Å². The Morgan fingerprint density at radius 1 is 0.966 bits per heavy atom. The summed E-state index contributed by atoms with van der Waals surface area (Å²) in [4.78, 5) is 0. The Morgan fingerprint density at radius 3 is 2.45 bits per heavy atom. The third-order valence-electron chi connectivity index (χ3n) is 10.4. The Hall–Kier alpha value is -0.420. The SMILES string of the molecule is C/C=C/[C@H]1CC[C@]2(O)[C@@H]3CC[C@@H]4C[C@@H](O)C(C5OCCO5)C[C@]4(C)[C@H]3CC[C@]12C. The van der Waals surface area contributed by atoms with Crippen molar-refractivity contribution in [1.82, 2.24) is 0 Å². The zero-order valence-corrected chi connectivity index (χ0v) is 18.5. The van der Waals surface area contributed by atoms with E-state index in [4.69, 9.17) is 9.47 Å². The molecule has 1 heterocycles. The lowest BCUT2D eigenvalue weighted by Crippen LogP contribution is -2.63. The molecule has 0 amide bonds. The third-order valence-corrected chi connectivity index (χ3v) is 10.4. The van der Waals surface area contributed by atoms with E-state index in [9.17, 15) is 10.2 Å². The second-order valence-corrected chi connectivity index (χ2v) is 11.3. The normalized spacial score (nSPS) is 55.6. The van der Waals surface area contributed by atoms with Gasteiger partial charge in [0.15, 0.2) is 6.29 Å². The Labute approximate surface area is 176 Å². The van der Waals surface area contributed by atoms with E-state index in [1.165, 1.54) is 6.42 Å². The zero-order chi connectivity index (χ0) is 20.4. The second-order valence-electron chi connectivity index (χ2n) is 11.3. The van der Waals surface area contributed by atoms with Crippen LogP contribution in [-0.4, -0.2) is 41.4 Å². The Morgan fingerprint density at radius 2 is 1.72 bits per heavy atom. The predicted octanol–water partition coefficient (Wildman–Crippen LogP) is 4.30. The minimum absolute atomic E-state index is 0.00906. The molecule has 5 aliphatic rings. The van der Waals surface area contributed by atoms with Crippen molar-refractivity contribution in [3.05, 3.63) is 12.2 Å². The summed E-state index contributed by atoms with van der Waals surface area (Å²) in [7, 11) is 0. The van der Waals surface area contributed by atoms with Crippen LogP contribution in [0.4, 0.5) is 0 Å². The van der Waals surface area contributed by atoms with Crippen molar-refractivity contribution in [2.24, 2.45) is 40.4 Å². The van der Waals surface area contributed by atoms with Gasteiger partial charge >= 0.3 is 0 Å². The molecule has 0 aromatic carbocycles. The topological polar surface area (TPSA) is 58.9 Å². The maximum atomic E-state index is 12.2. The number of allylic oxidation sites excluding steroid dienone is 2. The van der Waals surface area contributed by atoms with E-state index in [2.05, 4.69) is 32.9 Å². The second kappa shape index (κ2) is 7.05. The van der Waals surface area contributed by atoms with E-state index in [0.29, 0.717) is 36.9 Å². The van der Waals surface area contributed by atoms with Crippen LogP contribution in [0.2, 0.25) is 0 Å². The molecule has 1 saturated heterocycles. The number of aliphatic hydroxyl groups excluding tert-OH is 1. The lowest BCUT2D eigenvalue weighted by molar-refractivity contribution is -0.227. The molecule has 4 aliphatic carbocycles. The maximum Gasteiger partial charge on any atom is 0.163 e.